The lowest BCUT2D eigenvalue weighted by molar-refractivity contribution is -0.139. The molecule has 1 saturated heterocycles. The van der Waals surface area contributed by atoms with Gasteiger partial charge in [-0.25, -0.2) is 4.98 Å². The number of amides is 2. The number of rotatable bonds is 9. The van der Waals surface area contributed by atoms with Crippen molar-refractivity contribution in [1.82, 2.24) is 14.5 Å². The Kier molecular flexibility index (Phi) is 8.28. The Labute approximate surface area is 216 Å². The zero-order chi connectivity index (χ0) is 25.7. The fourth-order valence-corrected chi connectivity index (χ4v) is 4.28. The van der Waals surface area contributed by atoms with Crippen molar-refractivity contribution < 1.29 is 19.1 Å². The first-order valence-electron chi connectivity index (χ1n) is 12.0. The van der Waals surface area contributed by atoms with Crippen LogP contribution < -0.4 is 10.1 Å². The Balaban J connectivity index is 1.61. The topological polar surface area (TPSA) is 85.7 Å². The molecule has 2 heterocycles. The zero-order valence-electron chi connectivity index (χ0n) is 20.7. The van der Waals surface area contributed by atoms with Gasteiger partial charge in [-0.1, -0.05) is 43.6 Å². The predicted octanol–water partition coefficient (Wildman–Crippen LogP) is 4.80. The summed E-state index contributed by atoms with van der Waals surface area (Å²) in [5.74, 6) is 0.372. The fourth-order valence-electron chi connectivity index (χ4n) is 4.15. The smallest absolute Gasteiger partial charge is 0.246 e. The van der Waals surface area contributed by atoms with Crippen molar-refractivity contribution in [3.8, 4) is 22.7 Å². The molecule has 0 saturated carbocycles. The molecule has 4 rings (SSSR count). The van der Waals surface area contributed by atoms with E-state index in [1.807, 2.05) is 56.4 Å². The van der Waals surface area contributed by atoms with Crippen LogP contribution in [-0.2, 0) is 14.3 Å². The second-order valence-corrected chi connectivity index (χ2v) is 9.52. The third-order valence-corrected chi connectivity index (χ3v) is 6.27. The second kappa shape index (κ2) is 11.6. The number of carbonyl (C=O) groups excluding carboxylic acids is 2. The van der Waals surface area contributed by atoms with Crippen molar-refractivity contribution >= 4 is 29.4 Å². The number of halogens is 1. The first kappa shape index (κ1) is 25.7. The number of hydrogen-bond acceptors (Lipinski definition) is 5. The summed E-state index contributed by atoms with van der Waals surface area (Å²) in [5, 5.41) is 3.53. The van der Waals surface area contributed by atoms with Crippen LogP contribution >= 0.6 is 11.6 Å². The van der Waals surface area contributed by atoms with E-state index in [-0.39, 0.29) is 30.4 Å². The molecule has 8 nitrogen and oxygen atoms in total. The normalized spacial score (nSPS) is 15.2. The van der Waals surface area contributed by atoms with Gasteiger partial charge in [-0.15, -0.1) is 0 Å². The second-order valence-electron chi connectivity index (χ2n) is 9.08. The predicted molar refractivity (Wildman–Crippen MR) is 140 cm³/mol. The molecular formula is C27H31ClN4O4. The van der Waals surface area contributed by atoms with Gasteiger partial charge < -0.3 is 14.4 Å². The zero-order valence-corrected chi connectivity index (χ0v) is 21.5. The third-order valence-electron chi connectivity index (χ3n) is 6.02. The average molecular weight is 511 g/mol. The maximum atomic E-state index is 13.2. The van der Waals surface area contributed by atoms with Crippen LogP contribution in [0.15, 0.2) is 54.7 Å². The van der Waals surface area contributed by atoms with E-state index in [4.69, 9.17) is 26.1 Å². The van der Waals surface area contributed by atoms with Crippen LogP contribution in [0.2, 0.25) is 5.02 Å². The maximum Gasteiger partial charge on any atom is 0.246 e. The highest BCUT2D eigenvalue weighted by Crippen LogP contribution is 2.27. The number of ether oxygens (including phenoxy) is 2. The standard InChI is InChI=1S/C27H31ClN4O4/c1-18(2)26(34)31(15-23-8-5-13-36-23)17-25(33)30-27-29-24(19-9-11-20(28)12-10-19)16-32(27)21-6-4-7-22(14-21)35-3/h4,6-7,9-12,14,16,18,23H,5,8,13,15,17H2,1-3H3,(H,29,30,33)/t23-/m1/s1. The van der Waals surface area contributed by atoms with E-state index < -0.39 is 0 Å². The molecule has 1 N–H and O–H groups in total. The fraction of sp³-hybridized carbons (Fsp3) is 0.370. The summed E-state index contributed by atoms with van der Waals surface area (Å²) in [4.78, 5) is 32.3. The number of nitrogens with one attached hydrogen (secondary N) is 1. The van der Waals surface area contributed by atoms with Crippen molar-refractivity contribution in [1.29, 1.82) is 0 Å². The molecule has 1 atom stereocenters. The molecule has 1 fully saturated rings. The lowest BCUT2D eigenvalue weighted by Crippen LogP contribution is -2.44. The largest absolute Gasteiger partial charge is 0.497 e. The lowest BCUT2D eigenvalue weighted by Gasteiger charge is -2.26. The summed E-state index contributed by atoms with van der Waals surface area (Å²) in [6.45, 7) is 4.65. The number of imidazole rings is 1. The minimum atomic E-state index is -0.334. The molecule has 0 spiro atoms. The van der Waals surface area contributed by atoms with E-state index in [0.717, 1.165) is 24.1 Å². The van der Waals surface area contributed by atoms with Gasteiger partial charge in [-0.3, -0.25) is 19.5 Å². The number of methoxy groups -OCH3 is 1. The number of hydrogen-bond donors (Lipinski definition) is 1. The average Bonchev–Trinajstić information content (AvgIpc) is 3.53. The van der Waals surface area contributed by atoms with Crippen molar-refractivity contribution in [3.63, 3.8) is 0 Å². The highest BCUT2D eigenvalue weighted by Gasteiger charge is 2.26. The van der Waals surface area contributed by atoms with E-state index >= 15 is 0 Å². The quantitative estimate of drug-likeness (QED) is 0.447. The molecule has 2 aromatic carbocycles. The highest BCUT2D eigenvalue weighted by molar-refractivity contribution is 6.30. The van der Waals surface area contributed by atoms with Crippen LogP contribution in [0.1, 0.15) is 26.7 Å². The highest BCUT2D eigenvalue weighted by atomic mass is 35.5. The van der Waals surface area contributed by atoms with E-state index in [2.05, 4.69) is 5.32 Å². The Hall–Kier alpha value is -3.36. The molecule has 9 heteroatoms. The number of anilines is 1. The monoisotopic (exact) mass is 510 g/mol. The lowest BCUT2D eigenvalue weighted by atomic mass is 10.1. The molecule has 1 aromatic heterocycles. The Morgan fingerprint density at radius 3 is 2.69 bits per heavy atom. The molecule has 0 unspecified atom stereocenters. The summed E-state index contributed by atoms with van der Waals surface area (Å²) in [6.07, 6.45) is 3.65. The molecule has 36 heavy (non-hydrogen) atoms. The summed E-state index contributed by atoms with van der Waals surface area (Å²) in [6, 6.07) is 14.8. The minimum absolute atomic E-state index is 0.0456. The van der Waals surface area contributed by atoms with Crippen molar-refractivity contribution in [3.05, 3.63) is 59.8 Å². The third kappa shape index (κ3) is 6.25. The maximum absolute atomic E-state index is 13.2. The first-order valence-corrected chi connectivity index (χ1v) is 12.4. The van der Waals surface area contributed by atoms with Gasteiger partial charge in [0.05, 0.1) is 24.6 Å². The van der Waals surface area contributed by atoms with Gasteiger partial charge in [0.2, 0.25) is 17.8 Å². The van der Waals surface area contributed by atoms with Gasteiger partial charge in [0, 0.05) is 41.9 Å². The SMILES string of the molecule is COc1cccc(-n2cc(-c3ccc(Cl)cc3)nc2NC(=O)CN(C[C@H]2CCCO2)C(=O)C(C)C)c1. The van der Waals surface area contributed by atoms with Gasteiger partial charge in [-0.05, 0) is 37.1 Å². The summed E-state index contributed by atoms with van der Waals surface area (Å²) in [7, 11) is 1.60. The molecule has 0 radical (unpaired) electrons. The Morgan fingerprint density at radius 2 is 2.03 bits per heavy atom. The number of benzene rings is 2. The Morgan fingerprint density at radius 1 is 1.25 bits per heavy atom. The van der Waals surface area contributed by atoms with Crippen LogP contribution in [0.4, 0.5) is 5.95 Å². The molecule has 1 aliphatic heterocycles. The van der Waals surface area contributed by atoms with Gasteiger partial charge >= 0.3 is 0 Å². The summed E-state index contributed by atoms with van der Waals surface area (Å²) in [5.41, 5.74) is 2.29. The first-order chi connectivity index (χ1) is 17.3. The van der Waals surface area contributed by atoms with Crippen molar-refractivity contribution in [2.45, 2.75) is 32.8 Å². The molecule has 2 amide bonds. The molecular weight excluding hydrogens is 480 g/mol. The van der Waals surface area contributed by atoms with Crippen molar-refractivity contribution in [2.24, 2.45) is 5.92 Å². The molecule has 3 aromatic rings. The van der Waals surface area contributed by atoms with Gasteiger partial charge in [0.15, 0.2) is 0 Å². The van der Waals surface area contributed by atoms with Crippen LogP contribution in [0, 0.1) is 5.92 Å². The summed E-state index contributed by atoms with van der Waals surface area (Å²) >= 11 is 6.05. The van der Waals surface area contributed by atoms with Crippen molar-refractivity contribution in [2.75, 3.05) is 32.1 Å². The van der Waals surface area contributed by atoms with E-state index in [1.165, 1.54) is 0 Å². The van der Waals surface area contributed by atoms with E-state index in [9.17, 15) is 9.59 Å². The van der Waals surface area contributed by atoms with Gasteiger partial charge in [0.1, 0.15) is 12.3 Å². The number of carbonyl (C=O) groups is 2. The van der Waals surface area contributed by atoms with Crippen LogP contribution in [0.3, 0.4) is 0 Å². The molecule has 1 aliphatic rings. The summed E-state index contributed by atoms with van der Waals surface area (Å²) < 4.78 is 12.9. The number of nitrogens with zero attached hydrogens (tertiary/aromatic N) is 3. The van der Waals surface area contributed by atoms with Crippen LogP contribution in [0.25, 0.3) is 16.9 Å². The Bertz CT molecular complexity index is 1200. The minimum Gasteiger partial charge on any atom is -0.497 e. The van der Waals surface area contributed by atoms with E-state index in [0.29, 0.717) is 35.6 Å². The number of aromatic nitrogens is 2. The van der Waals surface area contributed by atoms with Crippen LogP contribution in [0.5, 0.6) is 5.75 Å². The van der Waals surface area contributed by atoms with Gasteiger partial charge in [0.25, 0.3) is 0 Å². The van der Waals surface area contributed by atoms with E-state index in [1.54, 1.807) is 28.7 Å². The molecule has 0 bridgehead atoms. The van der Waals surface area contributed by atoms with Gasteiger partial charge in [-0.2, -0.15) is 0 Å². The van der Waals surface area contributed by atoms with Crippen LogP contribution in [-0.4, -0.2) is 59.2 Å². The molecule has 0 aliphatic carbocycles. The molecule has 190 valence electrons.